The van der Waals surface area contributed by atoms with E-state index in [1.807, 2.05) is 0 Å². The molecule has 0 aromatic heterocycles. The lowest BCUT2D eigenvalue weighted by Gasteiger charge is -2.22. The van der Waals surface area contributed by atoms with Crippen molar-refractivity contribution in [3.63, 3.8) is 0 Å². The second kappa shape index (κ2) is 5.53. The molecule has 0 atom stereocenters. The van der Waals surface area contributed by atoms with Crippen molar-refractivity contribution in [1.82, 2.24) is 0 Å². The molecule has 2 N–H and O–H groups in total. The van der Waals surface area contributed by atoms with Gasteiger partial charge in [0.2, 0.25) is 5.76 Å². The Morgan fingerprint density at radius 2 is 1.62 bits per heavy atom. The molecule has 5 nitrogen and oxygen atoms in total. The van der Waals surface area contributed by atoms with E-state index in [9.17, 15) is 9.59 Å². The SMILES string of the molecule is CCC/C(C(=O)O)=C(\OC(C)(C)C)C(=O)O. The lowest BCUT2D eigenvalue weighted by atomic mass is 10.1. The van der Waals surface area contributed by atoms with Crippen molar-refractivity contribution in [3.05, 3.63) is 11.3 Å². The lowest BCUT2D eigenvalue weighted by Crippen LogP contribution is -2.24. The molecule has 5 heteroatoms. The maximum atomic E-state index is 11.0. The monoisotopic (exact) mass is 230 g/mol. The summed E-state index contributed by atoms with van der Waals surface area (Å²) >= 11 is 0. The van der Waals surface area contributed by atoms with Crippen LogP contribution in [0.15, 0.2) is 11.3 Å². The summed E-state index contributed by atoms with van der Waals surface area (Å²) in [5, 5.41) is 17.9. The molecule has 0 fully saturated rings. The molecule has 0 aliphatic heterocycles. The normalized spacial score (nSPS) is 13.0. The van der Waals surface area contributed by atoms with Crippen molar-refractivity contribution in [1.29, 1.82) is 0 Å². The van der Waals surface area contributed by atoms with Gasteiger partial charge < -0.3 is 14.9 Å². The zero-order valence-corrected chi connectivity index (χ0v) is 10.0. The van der Waals surface area contributed by atoms with E-state index >= 15 is 0 Å². The molecule has 0 rings (SSSR count). The smallest absolute Gasteiger partial charge is 0.371 e. The third-order valence-electron chi connectivity index (χ3n) is 1.63. The van der Waals surface area contributed by atoms with Gasteiger partial charge in [-0.15, -0.1) is 0 Å². The molecule has 0 amide bonds. The first-order chi connectivity index (χ1) is 7.19. The highest BCUT2D eigenvalue weighted by Crippen LogP contribution is 2.20. The van der Waals surface area contributed by atoms with Gasteiger partial charge in [-0.1, -0.05) is 13.3 Å². The fraction of sp³-hybridized carbons (Fsp3) is 0.636. The van der Waals surface area contributed by atoms with Crippen LogP contribution in [0, 0.1) is 0 Å². The molecular weight excluding hydrogens is 212 g/mol. The number of carbonyl (C=O) groups is 2. The minimum absolute atomic E-state index is 0.174. The molecule has 0 aromatic carbocycles. The lowest BCUT2D eigenvalue weighted by molar-refractivity contribution is -0.141. The standard InChI is InChI=1S/C11H18O5/c1-5-6-7(9(12)13)8(10(14)15)16-11(2,3)4/h5-6H2,1-4H3,(H,12,13)(H,14,15)/b8-7+. The number of hydrogen-bond acceptors (Lipinski definition) is 3. The molecule has 16 heavy (non-hydrogen) atoms. The topological polar surface area (TPSA) is 83.8 Å². The van der Waals surface area contributed by atoms with Gasteiger partial charge in [0.25, 0.3) is 0 Å². The van der Waals surface area contributed by atoms with Crippen LogP contribution in [0.4, 0.5) is 0 Å². The van der Waals surface area contributed by atoms with E-state index in [4.69, 9.17) is 14.9 Å². The first kappa shape index (κ1) is 14.5. The molecule has 0 spiro atoms. The van der Waals surface area contributed by atoms with Crippen LogP contribution in [0.2, 0.25) is 0 Å². The Balaban J connectivity index is 5.32. The van der Waals surface area contributed by atoms with Gasteiger partial charge in [-0.25, -0.2) is 9.59 Å². The van der Waals surface area contributed by atoms with Crippen molar-refractivity contribution in [2.45, 2.75) is 46.1 Å². The summed E-state index contributed by atoms with van der Waals surface area (Å²) in [6.45, 7) is 6.78. The third kappa shape index (κ3) is 4.82. The first-order valence-electron chi connectivity index (χ1n) is 5.07. The Morgan fingerprint density at radius 3 is 1.88 bits per heavy atom. The predicted octanol–water partition coefficient (Wildman–Crippen LogP) is 2.02. The van der Waals surface area contributed by atoms with Crippen LogP contribution in [0.5, 0.6) is 0 Å². The van der Waals surface area contributed by atoms with Crippen molar-refractivity contribution in [2.75, 3.05) is 0 Å². The zero-order chi connectivity index (χ0) is 12.9. The number of carboxylic acids is 2. The van der Waals surface area contributed by atoms with Crippen LogP contribution in [0.3, 0.4) is 0 Å². The van der Waals surface area contributed by atoms with Crippen LogP contribution < -0.4 is 0 Å². The average Bonchev–Trinajstić information content (AvgIpc) is 2.08. The molecule has 0 heterocycles. The summed E-state index contributed by atoms with van der Waals surface area (Å²) < 4.78 is 5.17. The van der Waals surface area contributed by atoms with Crippen molar-refractivity contribution >= 4 is 11.9 Å². The second-order valence-corrected chi connectivity index (χ2v) is 4.38. The molecule has 0 saturated carbocycles. The fourth-order valence-corrected chi connectivity index (χ4v) is 1.11. The van der Waals surface area contributed by atoms with E-state index in [-0.39, 0.29) is 12.0 Å². The summed E-state index contributed by atoms with van der Waals surface area (Å²) in [5.41, 5.74) is -0.924. The summed E-state index contributed by atoms with van der Waals surface area (Å²) in [4.78, 5) is 21.9. The minimum Gasteiger partial charge on any atom is -0.480 e. The van der Waals surface area contributed by atoms with E-state index in [0.29, 0.717) is 6.42 Å². The third-order valence-corrected chi connectivity index (χ3v) is 1.63. The van der Waals surface area contributed by atoms with Crippen LogP contribution in [-0.2, 0) is 14.3 Å². The Morgan fingerprint density at radius 1 is 1.12 bits per heavy atom. The van der Waals surface area contributed by atoms with E-state index in [1.165, 1.54) is 0 Å². The van der Waals surface area contributed by atoms with Crippen molar-refractivity contribution in [3.8, 4) is 0 Å². The fourth-order valence-electron chi connectivity index (χ4n) is 1.11. The van der Waals surface area contributed by atoms with Crippen LogP contribution in [0.1, 0.15) is 40.5 Å². The van der Waals surface area contributed by atoms with Crippen LogP contribution >= 0.6 is 0 Å². The van der Waals surface area contributed by atoms with E-state index in [1.54, 1.807) is 27.7 Å². The summed E-state index contributed by atoms with van der Waals surface area (Å²) in [6, 6.07) is 0. The van der Waals surface area contributed by atoms with E-state index in [2.05, 4.69) is 0 Å². The summed E-state index contributed by atoms with van der Waals surface area (Å²) in [5.74, 6) is -3.06. The maximum Gasteiger partial charge on any atom is 0.371 e. The molecule has 0 unspecified atom stereocenters. The largest absolute Gasteiger partial charge is 0.480 e. The molecule has 92 valence electrons. The van der Waals surface area contributed by atoms with Gasteiger partial charge in [0.05, 0.1) is 5.57 Å². The highest BCUT2D eigenvalue weighted by Gasteiger charge is 2.25. The first-order valence-corrected chi connectivity index (χ1v) is 5.07. The number of rotatable bonds is 5. The molecule has 0 aliphatic carbocycles. The van der Waals surface area contributed by atoms with Crippen LogP contribution in [0.25, 0.3) is 0 Å². The quantitative estimate of drug-likeness (QED) is 0.557. The maximum absolute atomic E-state index is 11.0. The van der Waals surface area contributed by atoms with Crippen molar-refractivity contribution in [2.24, 2.45) is 0 Å². The van der Waals surface area contributed by atoms with Gasteiger partial charge in [0, 0.05) is 0 Å². The number of ether oxygens (including phenoxy) is 1. The minimum atomic E-state index is -1.35. The zero-order valence-electron chi connectivity index (χ0n) is 10.0. The Labute approximate surface area is 94.7 Å². The van der Waals surface area contributed by atoms with Gasteiger partial charge in [-0.2, -0.15) is 0 Å². The van der Waals surface area contributed by atoms with Gasteiger partial charge in [-0.3, -0.25) is 0 Å². The Kier molecular flexibility index (Phi) is 5.01. The highest BCUT2D eigenvalue weighted by molar-refractivity contribution is 5.97. The molecule has 0 aromatic rings. The number of aliphatic carboxylic acids is 2. The highest BCUT2D eigenvalue weighted by atomic mass is 16.5. The Hall–Kier alpha value is -1.52. The van der Waals surface area contributed by atoms with E-state index < -0.39 is 23.3 Å². The van der Waals surface area contributed by atoms with Crippen LogP contribution in [-0.4, -0.2) is 27.8 Å². The van der Waals surface area contributed by atoms with E-state index in [0.717, 1.165) is 0 Å². The van der Waals surface area contributed by atoms with Gasteiger partial charge in [0.15, 0.2) is 0 Å². The molecule has 0 radical (unpaired) electrons. The number of hydrogen-bond donors (Lipinski definition) is 2. The van der Waals surface area contributed by atoms with Gasteiger partial charge in [-0.05, 0) is 27.2 Å². The predicted molar refractivity (Wildman–Crippen MR) is 58.0 cm³/mol. The molecule has 0 aliphatic rings. The molecule has 0 saturated heterocycles. The second-order valence-electron chi connectivity index (χ2n) is 4.38. The summed E-state index contributed by atoms with van der Waals surface area (Å²) in [6.07, 6.45) is 0.721. The Bertz CT molecular complexity index is 309. The van der Waals surface area contributed by atoms with Crippen molar-refractivity contribution < 1.29 is 24.5 Å². The number of carboxylic acid groups (broad SMARTS) is 2. The summed E-state index contributed by atoms with van der Waals surface area (Å²) in [7, 11) is 0. The molecular formula is C11H18O5. The van der Waals surface area contributed by atoms with Gasteiger partial charge >= 0.3 is 11.9 Å². The van der Waals surface area contributed by atoms with Gasteiger partial charge in [0.1, 0.15) is 5.60 Å². The molecule has 0 bridgehead atoms. The average molecular weight is 230 g/mol.